The maximum absolute atomic E-state index is 11.8. The molecule has 0 saturated carbocycles. The third kappa shape index (κ3) is 3.07. The van der Waals surface area contributed by atoms with E-state index in [0.29, 0.717) is 0 Å². The van der Waals surface area contributed by atoms with Gasteiger partial charge in [-0.2, -0.15) is 0 Å². The lowest BCUT2D eigenvalue weighted by atomic mass is 9.99. The van der Waals surface area contributed by atoms with Gasteiger partial charge in [0, 0.05) is 49.3 Å². The second kappa shape index (κ2) is 6.28. The second-order valence-electron chi connectivity index (χ2n) is 6.88. The quantitative estimate of drug-likeness (QED) is 0.756. The first kappa shape index (κ1) is 16.3. The van der Waals surface area contributed by atoms with Crippen molar-refractivity contribution in [3.05, 3.63) is 52.1 Å². The van der Waals surface area contributed by atoms with Gasteiger partial charge in [0.1, 0.15) is 10.5 Å². The summed E-state index contributed by atoms with van der Waals surface area (Å²) >= 11 is 1.64. The van der Waals surface area contributed by atoms with Crippen LogP contribution >= 0.6 is 11.3 Å². The van der Waals surface area contributed by atoms with Gasteiger partial charge in [0.25, 0.3) is 0 Å². The highest BCUT2D eigenvalue weighted by Crippen LogP contribution is 2.35. The van der Waals surface area contributed by atoms with Crippen LogP contribution in [0.2, 0.25) is 0 Å². The van der Waals surface area contributed by atoms with E-state index in [-0.39, 0.29) is 11.4 Å². The molecule has 0 aliphatic carbocycles. The van der Waals surface area contributed by atoms with E-state index in [4.69, 9.17) is 0 Å². The molecule has 3 heterocycles. The zero-order valence-electron chi connectivity index (χ0n) is 14.5. The molecule has 6 heteroatoms. The Bertz CT molecular complexity index is 915. The number of fused-ring (bicyclic) bond motifs is 1. The molecule has 1 amide bonds. The van der Waals surface area contributed by atoms with E-state index in [0.717, 1.165) is 36.8 Å². The smallest absolute Gasteiger partial charge is 0.217 e. The fourth-order valence-corrected chi connectivity index (χ4v) is 4.76. The molecule has 1 atom stereocenters. The molecule has 0 radical (unpaired) electrons. The van der Waals surface area contributed by atoms with Crippen molar-refractivity contribution in [1.29, 1.82) is 0 Å². The summed E-state index contributed by atoms with van der Waals surface area (Å²) in [6.45, 7) is 6.18. The summed E-state index contributed by atoms with van der Waals surface area (Å²) in [5.74, 6) is 0.00109. The van der Waals surface area contributed by atoms with Crippen LogP contribution in [0.5, 0.6) is 0 Å². The highest BCUT2D eigenvalue weighted by atomic mass is 32.1. The summed E-state index contributed by atoms with van der Waals surface area (Å²) in [6.07, 6.45) is 2.87. The number of carbonyl (C=O) groups is 1. The number of aromatic amines is 1. The first-order chi connectivity index (χ1) is 12.1. The number of rotatable bonds is 4. The van der Waals surface area contributed by atoms with Gasteiger partial charge in [0.2, 0.25) is 5.91 Å². The Kier molecular flexibility index (Phi) is 4.09. The van der Waals surface area contributed by atoms with Crippen molar-refractivity contribution in [1.82, 2.24) is 20.2 Å². The Labute approximate surface area is 151 Å². The molecule has 2 N–H and O–H groups in total. The zero-order valence-corrected chi connectivity index (χ0v) is 15.3. The lowest BCUT2D eigenvalue weighted by Crippen LogP contribution is -2.47. The van der Waals surface area contributed by atoms with Crippen LogP contribution in [-0.2, 0) is 16.9 Å². The molecule has 25 heavy (non-hydrogen) atoms. The highest BCUT2D eigenvalue weighted by Gasteiger charge is 2.42. The number of hydrogen-bond acceptors (Lipinski definition) is 4. The maximum Gasteiger partial charge on any atom is 0.217 e. The SMILES string of the molecule is CC(=O)NC1(c2nc(C)cs2)CCN(Cc2cccc3cc[nH]c23)C1. The van der Waals surface area contributed by atoms with Crippen LogP contribution in [-0.4, -0.2) is 33.9 Å². The van der Waals surface area contributed by atoms with Gasteiger partial charge in [-0.3, -0.25) is 9.69 Å². The van der Waals surface area contributed by atoms with Crippen molar-refractivity contribution in [2.75, 3.05) is 13.1 Å². The number of nitrogens with one attached hydrogen (secondary N) is 2. The zero-order chi connectivity index (χ0) is 17.4. The number of likely N-dealkylation sites (tertiary alicyclic amines) is 1. The number of nitrogens with zero attached hydrogens (tertiary/aromatic N) is 2. The molecule has 1 aliphatic heterocycles. The van der Waals surface area contributed by atoms with Crippen molar-refractivity contribution < 1.29 is 4.79 Å². The Hall–Kier alpha value is -2.18. The van der Waals surface area contributed by atoms with E-state index in [1.54, 1.807) is 18.3 Å². The van der Waals surface area contributed by atoms with Crippen LogP contribution in [0.4, 0.5) is 0 Å². The lowest BCUT2D eigenvalue weighted by molar-refractivity contribution is -0.120. The van der Waals surface area contributed by atoms with Crippen LogP contribution in [0.3, 0.4) is 0 Å². The van der Waals surface area contributed by atoms with Gasteiger partial charge in [0.15, 0.2) is 0 Å². The number of amides is 1. The van der Waals surface area contributed by atoms with Crippen molar-refractivity contribution in [2.24, 2.45) is 0 Å². The highest BCUT2D eigenvalue weighted by molar-refractivity contribution is 7.09. The molecule has 3 aromatic rings. The average Bonchev–Trinajstić information content (AvgIpc) is 3.27. The Balaban J connectivity index is 1.59. The number of H-pyrrole nitrogens is 1. The summed E-state index contributed by atoms with van der Waals surface area (Å²) in [6, 6.07) is 8.50. The lowest BCUT2D eigenvalue weighted by Gasteiger charge is -2.28. The van der Waals surface area contributed by atoms with Gasteiger partial charge in [-0.05, 0) is 30.4 Å². The average molecular weight is 354 g/mol. The molecule has 1 saturated heterocycles. The Morgan fingerprint density at radius 1 is 1.44 bits per heavy atom. The third-order valence-electron chi connectivity index (χ3n) is 4.86. The number of para-hydroxylation sites is 1. The fourth-order valence-electron chi connectivity index (χ4n) is 3.79. The minimum Gasteiger partial charge on any atom is -0.361 e. The Morgan fingerprint density at radius 2 is 2.32 bits per heavy atom. The van der Waals surface area contributed by atoms with Crippen LogP contribution in [0.15, 0.2) is 35.8 Å². The molecule has 1 aliphatic rings. The molecule has 130 valence electrons. The van der Waals surface area contributed by atoms with Crippen molar-refractivity contribution >= 4 is 28.1 Å². The molecule has 2 aromatic heterocycles. The van der Waals surface area contributed by atoms with E-state index in [9.17, 15) is 4.79 Å². The van der Waals surface area contributed by atoms with Crippen LogP contribution in [0.1, 0.15) is 29.6 Å². The molecule has 1 aromatic carbocycles. The summed E-state index contributed by atoms with van der Waals surface area (Å²) < 4.78 is 0. The largest absolute Gasteiger partial charge is 0.361 e. The predicted molar refractivity (Wildman–Crippen MR) is 101 cm³/mol. The van der Waals surface area contributed by atoms with E-state index < -0.39 is 0 Å². The first-order valence-corrected chi connectivity index (χ1v) is 9.42. The number of thiazole rings is 1. The van der Waals surface area contributed by atoms with Crippen molar-refractivity contribution in [3.63, 3.8) is 0 Å². The number of benzene rings is 1. The van der Waals surface area contributed by atoms with Crippen molar-refractivity contribution in [2.45, 2.75) is 32.4 Å². The fraction of sp³-hybridized carbons (Fsp3) is 0.368. The van der Waals surface area contributed by atoms with E-state index in [1.165, 1.54) is 16.5 Å². The molecule has 1 unspecified atom stereocenters. The monoisotopic (exact) mass is 354 g/mol. The predicted octanol–water partition coefficient (Wildman–Crippen LogP) is 3.17. The van der Waals surface area contributed by atoms with Gasteiger partial charge in [-0.1, -0.05) is 18.2 Å². The van der Waals surface area contributed by atoms with Crippen LogP contribution in [0.25, 0.3) is 10.9 Å². The number of hydrogen-bond donors (Lipinski definition) is 2. The Morgan fingerprint density at radius 3 is 3.08 bits per heavy atom. The topological polar surface area (TPSA) is 61.0 Å². The minimum atomic E-state index is -0.367. The number of aromatic nitrogens is 2. The van der Waals surface area contributed by atoms with Gasteiger partial charge in [0.05, 0.1) is 0 Å². The van der Waals surface area contributed by atoms with Gasteiger partial charge in [-0.15, -0.1) is 11.3 Å². The van der Waals surface area contributed by atoms with Gasteiger partial charge in [-0.25, -0.2) is 4.98 Å². The third-order valence-corrected chi connectivity index (χ3v) is 6.02. The number of carbonyl (C=O) groups excluding carboxylic acids is 1. The molecular formula is C19H22N4OS. The van der Waals surface area contributed by atoms with Gasteiger partial charge < -0.3 is 10.3 Å². The standard InChI is InChI=1S/C19H22N4OS/c1-13-11-25-18(21-13)19(22-14(2)24)7-9-23(12-19)10-16-5-3-4-15-6-8-20-17(15)16/h3-6,8,11,20H,7,9-10,12H2,1-2H3,(H,22,24). The van der Waals surface area contributed by atoms with E-state index in [2.05, 4.69) is 49.8 Å². The summed E-state index contributed by atoms with van der Waals surface area (Å²) in [7, 11) is 0. The molecule has 5 nitrogen and oxygen atoms in total. The number of aryl methyl sites for hydroxylation is 1. The molecule has 4 rings (SSSR count). The molecule has 0 bridgehead atoms. The maximum atomic E-state index is 11.8. The minimum absolute atomic E-state index is 0.00109. The van der Waals surface area contributed by atoms with E-state index >= 15 is 0 Å². The van der Waals surface area contributed by atoms with Gasteiger partial charge >= 0.3 is 0 Å². The molecular weight excluding hydrogens is 332 g/mol. The summed E-state index contributed by atoms with van der Waals surface area (Å²) in [5.41, 5.74) is 3.13. The van der Waals surface area contributed by atoms with Crippen LogP contribution < -0.4 is 5.32 Å². The van der Waals surface area contributed by atoms with Crippen molar-refractivity contribution in [3.8, 4) is 0 Å². The van der Waals surface area contributed by atoms with Crippen LogP contribution in [0, 0.1) is 6.92 Å². The summed E-state index contributed by atoms with van der Waals surface area (Å²) in [4.78, 5) is 22.3. The van der Waals surface area contributed by atoms with E-state index in [1.807, 2.05) is 13.1 Å². The molecule has 0 spiro atoms. The first-order valence-electron chi connectivity index (χ1n) is 8.54. The normalized spacial score (nSPS) is 21.0. The summed E-state index contributed by atoms with van der Waals surface area (Å²) in [5, 5.41) is 7.50. The second-order valence-corrected chi connectivity index (χ2v) is 7.74. The molecule has 1 fully saturated rings.